The number of aryl methyl sites for hydroxylation is 1. The molecule has 5 rings (SSSR count). The van der Waals surface area contributed by atoms with Crippen molar-refractivity contribution >= 4 is 55.6 Å². The molecule has 0 radical (unpaired) electrons. The van der Waals surface area contributed by atoms with Crippen LogP contribution in [0.2, 0.25) is 0 Å². The predicted octanol–water partition coefficient (Wildman–Crippen LogP) is 4.54. The number of β-lactam (4-membered cyclic amide) rings is 1. The smallest absolute Gasteiger partial charge is 0.253 e. The van der Waals surface area contributed by atoms with Crippen molar-refractivity contribution in [3.05, 3.63) is 54.1 Å². The van der Waals surface area contributed by atoms with Gasteiger partial charge in [-0.25, -0.2) is 9.99 Å². The van der Waals surface area contributed by atoms with Gasteiger partial charge < -0.3 is 0 Å². The van der Waals surface area contributed by atoms with Crippen molar-refractivity contribution in [3.8, 4) is 0 Å². The van der Waals surface area contributed by atoms with E-state index in [0.29, 0.717) is 11.6 Å². The monoisotopic (exact) mass is 396 g/mol. The van der Waals surface area contributed by atoms with Crippen LogP contribution in [0.15, 0.2) is 53.6 Å². The molecule has 0 bridgehead atoms. The Labute approximate surface area is 165 Å². The number of aromatic nitrogens is 1. The molecule has 3 aromatic rings. The van der Waals surface area contributed by atoms with E-state index in [1.807, 2.05) is 67.4 Å². The predicted molar refractivity (Wildman–Crippen MR) is 111 cm³/mol. The molecule has 5 nitrogen and oxygen atoms in total. The molecule has 2 aliphatic rings. The maximum absolute atomic E-state index is 12.8. The largest absolute Gasteiger partial charge is 0.272 e. The number of carbonyl (C=O) groups is 1. The summed E-state index contributed by atoms with van der Waals surface area (Å²) < 4.78 is 1.05. The van der Waals surface area contributed by atoms with Crippen molar-refractivity contribution in [1.82, 2.24) is 4.98 Å². The third-order valence-corrected chi connectivity index (χ3v) is 6.69. The highest BCUT2D eigenvalue weighted by Gasteiger charge is 2.67. The zero-order chi connectivity index (χ0) is 18.8. The van der Waals surface area contributed by atoms with Crippen molar-refractivity contribution in [3.63, 3.8) is 0 Å². The number of fused-ring (bicyclic) bond motifs is 1. The molecular weight excluding hydrogens is 380 g/mol. The Balaban J connectivity index is 1.63. The second kappa shape index (κ2) is 5.78. The number of hydrazone groups is 1. The van der Waals surface area contributed by atoms with Crippen molar-refractivity contribution in [2.45, 2.75) is 31.3 Å². The first kappa shape index (κ1) is 16.7. The second-order valence-corrected chi connectivity index (χ2v) is 8.48. The van der Waals surface area contributed by atoms with E-state index in [1.54, 1.807) is 4.90 Å². The summed E-state index contributed by atoms with van der Waals surface area (Å²) in [5.74, 6) is -0.127. The number of benzene rings is 2. The van der Waals surface area contributed by atoms with E-state index in [2.05, 4.69) is 0 Å². The second-order valence-electron chi connectivity index (χ2n) is 7.04. The lowest BCUT2D eigenvalue weighted by molar-refractivity contribution is -0.126. The van der Waals surface area contributed by atoms with Crippen LogP contribution in [0, 0.1) is 6.92 Å². The number of thiazole rings is 1. The van der Waals surface area contributed by atoms with E-state index < -0.39 is 11.0 Å². The third kappa shape index (κ3) is 2.26. The van der Waals surface area contributed by atoms with E-state index >= 15 is 0 Å². The standard InChI is InChI=1S/C20H17ClN4OS/c1-12-7-9-14(10-8-12)25-20(11-13(2)23-25)17(21)18(26)24(20)19-22-15-5-3-4-6-16(15)27-19/h3-10,17H,11H2,1-2H3/t17-,20-/m1/s1. The lowest BCUT2D eigenvalue weighted by Gasteiger charge is -2.55. The number of hydrogen-bond donors (Lipinski definition) is 0. The number of nitrogens with zero attached hydrogens (tertiary/aromatic N) is 4. The van der Waals surface area contributed by atoms with Crippen LogP contribution in [0.1, 0.15) is 18.9 Å². The fraction of sp³-hybridized carbons (Fsp3) is 0.250. The minimum absolute atomic E-state index is 0.127. The number of carbonyl (C=O) groups excluding carboxylic acids is 1. The number of para-hydroxylation sites is 1. The summed E-state index contributed by atoms with van der Waals surface area (Å²) in [6, 6.07) is 16.0. The SMILES string of the molecule is CC1=NN(c2ccc(C)cc2)[C@]2(C1)[C@H](Cl)C(=O)N2c1nc2ccccc2s1. The van der Waals surface area contributed by atoms with Gasteiger partial charge in [-0.2, -0.15) is 5.10 Å². The Morgan fingerprint density at radius 1 is 1.15 bits per heavy atom. The molecule has 1 spiro atoms. The normalized spacial score (nSPS) is 24.6. The molecule has 3 heterocycles. The highest BCUT2D eigenvalue weighted by Crippen LogP contribution is 2.51. The molecule has 2 aromatic carbocycles. The molecule has 0 aliphatic carbocycles. The highest BCUT2D eigenvalue weighted by atomic mass is 35.5. The van der Waals surface area contributed by atoms with E-state index in [4.69, 9.17) is 21.7 Å². The van der Waals surface area contributed by atoms with Crippen molar-refractivity contribution in [2.24, 2.45) is 5.10 Å². The number of rotatable bonds is 2. The summed E-state index contributed by atoms with van der Waals surface area (Å²) in [7, 11) is 0. The van der Waals surface area contributed by atoms with Gasteiger partial charge in [-0.15, -0.1) is 11.6 Å². The first-order valence-corrected chi connectivity index (χ1v) is 10.0. The van der Waals surface area contributed by atoms with E-state index in [-0.39, 0.29) is 5.91 Å². The summed E-state index contributed by atoms with van der Waals surface area (Å²) >= 11 is 8.12. The lowest BCUT2D eigenvalue weighted by atomic mass is 9.88. The van der Waals surface area contributed by atoms with E-state index in [9.17, 15) is 4.79 Å². The molecular formula is C20H17ClN4OS. The molecule has 1 fully saturated rings. The quantitative estimate of drug-likeness (QED) is 0.472. The summed E-state index contributed by atoms with van der Waals surface area (Å²) in [5.41, 5.74) is 3.17. The van der Waals surface area contributed by atoms with Crippen LogP contribution >= 0.6 is 22.9 Å². The fourth-order valence-corrected chi connectivity index (χ4v) is 5.26. The Kier molecular flexibility index (Phi) is 3.58. The number of hydrogen-bond acceptors (Lipinski definition) is 5. The van der Waals surface area contributed by atoms with Gasteiger partial charge in [-0.05, 0) is 38.1 Å². The van der Waals surface area contributed by atoms with E-state index in [0.717, 1.165) is 21.6 Å². The summed E-state index contributed by atoms with van der Waals surface area (Å²) in [6.07, 6.45) is 0.594. The average molecular weight is 397 g/mol. The van der Waals surface area contributed by atoms with Crippen LogP contribution in [0.25, 0.3) is 10.2 Å². The van der Waals surface area contributed by atoms with Gasteiger partial charge in [-0.3, -0.25) is 9.69 Å². The zero-order valence-corrected chi connectivity index (χ0v) is 16.5. The van der Waals surface area contributed by atoms with E-state index in [1.165, 1.54) is 16.9 Å². The Morgan fingerprint density at radius 2 is 1.89 bits per heavy atom. The van der Waals surface area contributed by atoms with Crippen LogP contribution in [-0.2, 0) is 4.79 Å². The summed E-state index contributed by atoms with van der Waals surface area (Å²) in [6.45, 7) is 4.02. The first-order chi connectivity index (χ1) is 13.0. The van der Waals surface area contributed by atoms with Gasteiger partial charge >= 0.3 is 0 Å². The molecule has 1 aromatic heterocycles. The first-order valence-electron chi connectivity index (χ1n) is 8.75. The van der Waals surface area contributed by atoms with Crippen LogP contribution in [0.3, 0.4) is 0 Å². The number of amides is 1. The topological polar surface area (TPSA) is 48.8 Å². The summed E-state index contributed by atoms with van der Waals surface area (Å²) in [4.78, 5) is 19.2. The molecule has 1 amide bonds. The van der Waals surface area contributed by atoms with Crippen molar-refractivity contribution in [1.29, 1.82) is 0 Å². The minimum Gasteiger partial charge on any atom is -0.272 e. The van der Waals surface area contributed by atoms with Crippen LogP contribution < -0.4 is 9.91 Å². The fourth-order valence-electron chi connectivity index (χ4n) is 3.85. The molecule has 136 valence electrons. The molecule has 27 heavy (non-hydrogen) atoms. The lowest BCUT2D eigenvalue weighted by Crippen LogP contribution is -2.78. The maximum atomic E-state index is 12.8. The summed E-state index contributed by atoms with van der Waals surface area (Å²) in [5, 5.41) is 6.62. The Bertz CT molecular complexity index is 1060. The maximum Gasteiger partial charge on any atom is 0.253 e. The van der Waals surface area contributed by atoms with Gasteiger partial charge in [0.1, 0.15) is 0 Å². The number of halogens is 1. The van der Waals surface area contributed by atoms with Crippen molar-refractivity contribution < 1.29 is 4.79 Å². The van der Waals surface area contributed by atoms with Gasteiger partial charge in [0, 0.05) is 12.1 Å². The van der Waals surface area contributed by atoms with Gasteiger partial charge in [-0.1, -0.05) is 41.2 Å². The van der Waals surface area contributed by atoms with Gasteiger partial charge in [0.2, 0.25) is 0 Å². The Morgan fingerprint density at radius 3 is 2.63 bits per heavy atom. The highest BCUT2D eigenvalue weighted by molar-refractivity contribution is 7.22. The van der Waals surface area contributed by atoms with Gasteiger partial charge in [0.05, 0.1) is 15.9 Å². The number of alkyl halides is 1. The minimum atomic E-state index is -0.744. The third-order valence-electron chi connectivity index (χ3n) is 5.14. The molecule has 7 heteroatoms. The molecule has 0 unspecified atom stereocenters. The molecule has 0 saturated carbocycles. The van der Waals surface area contributed by atoms with Crippen LogP contribution in [0.5, 0.6) is 0 Å². The van der Waals surface area contributed by atoms with Crippen molar-refractivity contribution in [2.75, 3.05) is 9.91 Å². The average Bonchev–Trinajstić information content (AvgIpc) is 3.24. The Hall–Kier alpha value is -2.44. The molecule has 1 saturated heterocycles. The zero-order valence-electron chi connectivity index (χ0n) is 14.9. The molecule has 2 aliphatic heterocycles. The molecule has 2 atom stereocenters. The van der Waals surface area contributed by atoms with Crippen LogP contribution in [0.4, 0.5) is 10.8 Å². The van der Waals surface area contributed by atoms with Gasteiger partial charge in [0.25, 0.3) is 5.91 Å². The van der Waals surface area contributed by atoms with Crippen LogP contribution in [-0.4, -0.2) is 27.6 Å². The molecule has 0 N–H and O–H groups in total. The number of anilines is 2. The van der Waals surface area contributed by atoms with Gasteiger partial charge in [0.15, 0.2) is 16.2 Å².